The first kappa shape index (κ1) is 13.1. The van der Waals surface area contributed by atoms with Gasteiger partial charge >= 0.3 is 0 Å². The van der Waals surface area contributed by atoms with Crippen LogP contribution in [0, 0.1) is 11.8 Å². The van der Waals surface area contributed by atoms with Gasteiger partial charge in [0, 0.05) is 5.92 Å². The Morgan fingerprint density at radius 2 is 2.00 bits per heavy atom. The number of amides is 1. The van der Waals surface area contributed by atoms with E-state index in [0.717, 1.165) is 19.3 Å². The normalized spacial score (nSPS) is 40.4. The van der Waals surface area contributed by atoms with Crippen molar-refractivity contribution in [2.45, 2.75) is 37.6 Å². The standard InChI is InChI=1S/C11H18ClNO3S/c1-7-3-2-4-8(7)11(14)13-10-6-17(15,16)5-9(10)12/h7-10H,2-6H2,1H3,(H,13,14). The average molecular weight is 280 g/mol. The van der Waals surface area contributed by atoms with Gasteiger partial charge in [-0.15, -0.1) is 11.6 Å². The van der Waals surface area contributed by atoms with E-state index in [1.165, 1.54) is 0 Å². The Kier molecular flexibility index (Phi) is 3.69. The summed E-state index contributed by atoms with van der Waals surface area (Å²) in [5.41, 5.74) is 0. The van der Waals surface area contributed by atoms with E-state index in [4.69, 9.17) is 11.6 Å². The van der Waals surface area contributed by atoms with Gasteiger partial charge in [-0.25, -0.2) is 8.42 Å². The maximum atomic E-state index is 12.0. The van der Waals surface area contributed by atoms with E-state index in [2.05, 4.69) is 12.2 Å². The Balaban J connectivity index is 1.95. The van der Waals surface area contributed by atoms with Gasteiger partial charge in [0.2, 0.25) is 5.91 Å². The zero-order valence-corrected chi connectivity index (χ0v) is 11.4. The molecule has 0 bridgehead atoms. The van der Waals surface area contributed by atoms with Gasteiger partial charge < -0.3 is 5.32 Å². The number of halogens is 1. The van der Waals surface area contributed by atoms with Gasteiger partial charge in [-0.1, -0.05) is 13.3 Å². The van der Waals surface area contributed by atoms with Crippen LogP contribution in [0.1, 0.15) is 26.2 Å². The van der Waals surface area contributed by atoms with E-state index in [1.807, 2.05) is 0 Å². The molecule has 6 heteroatoms. The van der Waals surface area contributed by atoms with Gasteiger partial charge in [0.25, 0.3) is 0 Å². The summed E-state index contributed by atoms with van der Waals surface area (Å²) in [7, 11) is -3.07. The van der Waals surface area contributed by atoms with Crippen LogP contribution in [0.2, 0.25) is 0 Å². The quantitative estimate of drug-likeness (QED) is 0.766. The maximum Gasteiger partial charge on any atom is 0.223 e. The van der Waals surface area contributed by atoms with E-state index in [-0.39, 0.29) is 23.3 Å². The third kappa shape index (κ3) is 2.94. The molecule has 0 spiro atoms. The van der Waals surface area contributed by atoms with E-state index < -0.39 is 21.3 Å². The minimum Gasteiger partial charge on any atom is -0.351 e. The Hall–Kier alpha value is -0.290. The molecule has 2 rings (SSSR count). The van der Waals surface area contributed by atoms with Crippen LogP contribution in [0.4, 0.5) is 0 Å². The topological polar surface area (TPSA) is 63.2 Å². The molecule has 4 unspecified atom stereocenters. The zero-order chi connectivity index (χ0) is 12.6. The monoisotopic (exact) mass is 279 g/mol. The molecule has 0 aromatic rings. The van der Waals surface area contributed by atoms with Gasteiger partial charge in [-0.2, -0.15) is 0 Å². The van der Waals surface area contributed by atoms with Crippen LogP contribution >= 0.6 is 11.6 Å². The number of sulfone groups is 1. The van der Waals surface area contributed by atoms with Crippen molar-refractivity contribution in [3.05, 3.63) is 0 Å². The van der Waals surface area contributed by atoms with Crippen molar-refractivity contribution >= 4 is 27.3 Å². The zero-order valence-electron chi connectivity index (χ0n) is 9.86. The van der Waals surface area contributed by atoms with Crippen molar-refractivity contribution < 1.29 is 13.2 Å². The van der Waals surface area contributed by atoms with E-state index in [0.29, 0.717) is 5.92 Å². The minimum atomic E-state index is -3.07. The number of rotatable bonds is 2. The fourth-order valence-corrected chi connectivity index (χ4v) is 5.31. The van der Waals surface area contributed by atoms with Gasteiger partial charge in [0.05, 0.1) is 22.9 Å². The molecular formula is C11H18ClNO3S. The first-order valence-electron chi connectivity index (χ1n) is 6.04. The van der Waals surface area contributed by atoms with Crippen molar-refractivity contribution in [2.24, 2.45) is 11.8 Å². The molecule has 17 heavy (non-hydrogen) atoms. The molecule has 0 aromatic heterocycles. The number of nitrogens with one attached hydrogen (secondary N) is 1. The minimum absolute atomic E-state index is 0.0198. The number of hydrogen-bond donors (Lipinski definition) is 1. The summed E-state index contributed by atoms with van der Waals surface area (Å²) in [6.45, 7) is 2.07. The molecule has 2 aliphatic rings. The number of carbonyl (C=O) groups excluding carboxylic acids is 1. The summed E-state index contributed by atoms with van der Waals surface area (Å²) in [5, 5.41) is 2.32. The Bertz CT molecular complexity index is 409. The molecule has 1 aliphatic carbocycles. The third-order valence-corrected chi connectivity index (χ3v) is 6.18. The molecule has 0 aromatic carbocycles. The van der Waals surface area contributed by atoms with Crippen LogP contribution in [-0.2, 0) is 14.6 Å². The summed E-state index contributed by atoms with van der Waals surface area (Å²) < 4.78 is 22.8. The van der Waals surface area contributed by atoms with Crippen LogP contribution in [-0.4, -0.2) is 37.2 Å². The maximum absolute atomic E-state index is 12.0. The Labute approximate surface area is 107 Å². The van der Waals surface area contributed by atoms with Crippen LogP contribution in [0.5, 0.6) is 0 Å². The lowest BCUT2D eigenvalue weighted by atomic mass is 9.97. The summed E-state index contributed by atoms with van der Waals surface area (Å²) in [6.07, 6.45) is 3.05. The molecule has 1 aliphatic heterocycles. The van der Waals surface area contributed by atoms with Gasteiger partial charge in [0.15, 0.2) is 9.84 Å². The highest BCUT2D eigenvalue weighted by atomic mass is 35.5. The van der Waals surface area contributed by atoms with Gasteiger partial charge in [-0.05, 0) is 18.8 Å². The van der Waals surface area contributed by atoms with Gasteiger partial charge in [0.1, 0.15) is 0 Å². The van der Waals surface area contributed by atoms with Crippen molar-refractivity contribution in [1.29, 1.82) is 0 Å². The smallest absolute Gasteiger partial charge is 0.223 e. The highest BCUT2D eigenvalue weighted by Crippen LogP contribution is 2.31. The second-order valence-electron chi connectivity index (χ2n) is 5.22. The Morgan fingerprint density at radius 3 is 2.47 bits per heavy atom. The largest absolute Gasteiger partial charge is 0.351 e. The average Bonchev–Trinajstić information content (AvgIpc) is 2.71. The predicted molar refractivity (Wildman–Crippen MR) is 66.7 cm³/mol. The van der Waals surface area contributed by atoms with E-state index in [9.17, 15) is 13.2 Å². The van der Waals surface area contributed by atoms with Crippen molar-refractivity contribution in [3.8, 4) is 0 Å². The lowest BCUT2D eigenvalue weighted by Gasteiger charge is -2.20. The fraction of sp³-hybridized carbons (Fsp3) is 0.909. The van der Waals surface area contributed by atoms with Crippen LogP contribution < -0.4 is 5.32 Å². The molecule has 1 N–H and O–H groups in total. The van der Waals surface area contributed by atoms with E-state index in [1.54, 1.807) is 0 Å². The lowest BCUT2D eigenvalue weighted by Crippen LogP contribution is -2.44. The molecule has 98 valence electrons. The molecule has 2 fully saturated rings. The summed E-state index contributed by atoms with van der Waals surface area (Å²) in [5.74, 6) is 0.347. The molecule has 1 heterocycles. The van der Waals surface area contributed by atoms with Gasteiger partial charge in [-0.3, -0.25) is 4.79 Å². The molecular weight excluding hydrogens is 262 g/mol. The number of alkyl halides is 1. The SMILES string of the molecule is CC1CCCC1C(=O)NC1CS(=O)(=O)CC1Cl. The highest BCUT2D eigenvalue weighted by Gasteiger charge is 2.39. The molecule has 4 nitrogen and oxygen atoms in total. The summed E-state index contributed by atoms with van der Waals surface area (Å²) >= 11 is 5.96. The van der Waals surface area contributed by atoms with Crippen molar-refractivity contribution in [2.75, 3.05) is 11.5 Å². The second kappa shape index (κ2) is 4.76. The Morgan fingerprint density at radius 1 is 1.29 bits per heavy atom. The number of carbonyl (C=O) groups is 1. The molecule has 1 saturated heterocycles. The molecule has 0 radical (unpaired) electrons. The number of hydrogen-bond acceptors (Lipinski definition) is 3. The summed E-state index contributed by atoms with van der Waals surface area (Å²) in [4.78, 5) is 12.0. The summed E-state index contributed by atoms with van der Waals surface area (Å²) in [6, 6.07) is -0.415. The van der Waals surface area contributed by atoms with Crippen molar-refractivity contribution in [3.63, 3.8) is 0 Å². The van der Waals surface area contributed by atoms with Crippen molar-refractivity contribution in [1.82, 2.24) is 5.32 Å². The second-order valence-corrected chi connectivity index (χ2v) is 7.94. The molecule has 4 atom stereocenters. The first-order chi connectivity index (χ1) is 7.89. The predicted octanol–water partition coefficient (Wildman–Crippen LogP) is 0.943. The molecule has 1 saturated carbocycles. The van der Waals surface area contributed by atoms with Crippen LogP contribution in [0.3, 0.4) is 0 Å². The third-order valence-electron chi connectivity index (χ3n) is 3.81. The van der Waals surface area contributed by atoms with E-state index >= 15 is 0 Å². The first-order valence-corrected chi connectivity index (χ1v) is 8.30. The van der Waals surface area contributed by atoms with Crippen LogP contribution in [0.25, 0.3) is 0 Å². The molecule has 1 amide bonds. The highest BCUT2D eigenvalue weighted by molar-refractivity contribution is 7.91. The van der Waals surface area contributed by atoms with Crippen LogP contribution in [0.15, 0.2) is 0 Å². The fourth-order valence-electron chi connectivity index (χ4n) is 2.76. The lowest BCUT2D eigenvalue weighted by molar-refractivity contribution is -0.126.